The molecule has 2 fully saturated rings. The Hall–Kier alpha value is -7.09. The topological polar surface area (TPSA) is 253 Å². The molecule has 2 saturated heterocycles. The predicted molar refractivity (Wildman–Crippen MR) is 239 cm³/mol. The number of ether oxygens (including phenoxy) is 2. The number of aliphatic hydroxyl groups excluding tert-OH is 1. The maximum atomic E-state index is 13.1. The number of carboxylic acids is 2. The Morgan fingerprint density at radius 2 is 1.18 bits per heavy atom. The van der Waals surface area contributed by atoms with Crippen LogP contribution in [0, 0.1) is 0 Å². The number of methoxy groups -OCH3 is 2. The van der Waals surface area contributed by atoms with Crippen molar-refractivity contribution in [3.8, 4) is 11.8 Å². The number of fused-ring (bicyclic) bond motifs is 2. The van der Waals surface area contributed by atoms with Crippen LogP contribution in [0.3, 0.4) is 0 Å². The summed E-state index contributed by atoms with van der Waals surface area (Å²) in [7, 11) is 3.02. The number of hydrogen-bond donors (Lipinski definition) is 5. The minimum absolute atomic E-state index is 0.0159. The van der Waals surface area contributed by atoms with Gasteiger partial charge in [-0.2, -0.15) is 0 Å². The molecule has 66 heavy (non-hydrogen) atoms. The summed E-state index contributed by atoms with van der Waals surface area (Å²) in [5, 5.41) is 34.4. The highest BCUT2D eigenvalue weighted by Crippen LogP contribution is 2.31. The van der Waals surface area contributed by atoms with Crippen molar-refractivity contribution < 1.29 is 48.8 Å². The van der Waals surface area contributed by atoms with Gasteiger partial charge in [-0.25, -0.2) is 29.5 Å². The number of carbonyl (C=O) groups is 5. The van der Waals surface area contributed by atoms with Gasteiger partial charge < -0.3 is 55.0 Å². The molecule has 0 spiro atoms. The first-order valence-electron chi connectivity index (χ1n) is 22.2. The number of nitrogens with one attached hydrogen (secondary N) is 2. The maximum absolute atomic E-state index is 13.1. The third-order valence-electron chi connectivity index (χ3n) is 12.1. The molecule has 20 heteroatoms. The number of amides is 5. The number of aliphatic hydroxyl groups is 1. The van der Waals surface area contributed by atoms with Crippen molar-refractivity contribution in [1.82, 2.24) is 39.5 Å². The molecular formula is C46H56N10O10. The van der Waals surface area contributed by atoms with E-state index in [2.05, 4.69) is 30.6 Å². The van der Waals surface area contributed by atoms with Crippen molar-refractivity contribution in [1.29, 1.82) is 0 Å². The highest BCUT2D eigenvalue weighted by Gasteiger charge is 2.37. The molecule has 4 aliphatic rings. The second-order valence-electron chi connectivity index (χ2n) is 16.5. The van der Waals surface area contributed by atoms with Gasteiger partial charge >= 0.3 is 24.0 Å². The van der Waals surface area contributed by atoms with Crippen LogP contribution in [0.25, 0.3) is 0 Å². The Balaban J connectivity index is 0.000000196. The fourth-order valence-corrected chi connectivity index (χ4v) is 8.60. The number of carbonyl (C=O) groups excluding carboxylic acids is 3. The molecule has 4 aromatic heterocycles. The highest BCUT2D eigenvalue weighted by molar-refractivity contribution is 5.92. The molecule has 0 bridgehead atoms. The number of nitrogens with zero attached hydrogens (tertiary/aromatic N) is 8. The fourth-order valence-electron chi connectivity index (χ4n) is 8.60. The van der Waals surface area contributed by atoms with Gasteiger partial charge in [-0.15, -0.1) is 0 Å². The summed E-state index contributed by atoms with van der Waals surface area (Å²) in [6.07, 6.45) is 7.67. The molecule has 8 rings (SSSR count). The molecule has 4 aromatic rings. The lowest BCUT2D eigenvalue weighted by Gasteiger charge is -2.27. The van der Waals surface area contributed by atoms with E-state index in [0.717, 1.165) is 41.2 Å². The normalized spacial score (nSPS) is 17.5. The summed E-state index contributed by atoms with van der Waals surface area (Å²) in [4.78, 5) is 84.8. The molecule has 0 saturated carbocycles. The molecular weight excluding hydrogens is 853 g/mol. The van der Waals surface area contributed by atoms with Crippen LogP contribution in [0.15, 0.2) is 60.9 Å². The molecule has 20 nitrogen and oxygen atoms in total. The Morgan fingerprint density at radius 1 is 0.682 bits per heavy atom. The third-order valence-corrected chi connectivity index (χ3v) is 12.1. The lowest BCUT2D eigenvalue weighted by molar-refractivity contribution is -0.139. The number of urea groups is 2. The van der Waals surface area contributed by atoms with Gasteiger partial charge in [-0.1, -0.05) is 24.3 Å². The molecule has 8 heterocycles. The summed E-state index contributed by atoms with van der Waals surface area (Å²) in [5.74, 6) is 0.265. The first-order chi connectivity index (χ1) is 31.9. The highest BCUT2D eigenvalue weighted by atomic mass is 16.5. The number of pyridine rings is 4. The van der Waals surface area contributed by atoms with E-state index < -0.39 is 30.3 Å². The summed E-state index contributed by atoms with van der Waals surface area (Å²) < 4.78 is 10.1. The van der Waals surface area contributed by atoms with E-state index >= 15 is 0 Å². The fraction of sp³-hybridized carbons (Fsp3) is 0.457. The van der Waals surface area contributed by atoms with Crippen LogP contribution in [0.2, 0.25) is 0 Å². The van der Waals surface area contributed by atoms with Crippen LogP contribution in [0.1, 0.15) is 84.3 Å². The number of carboxylic acid groups (broad SMARTS) is 2. The van der Waals surface area contributed by atoms with Gasteiger partial charge in [0.2, 0.25) is 17.7 Å². The Morgan fingerprint density at radius 3 is 1.65 bits per heavy atom. The van der Waals surface area contributed by atoms with Crippen LogP contribution < -0.4 is 20.1 Å². The zero-order chi connectivity index (χ0) is 46.7. The van der Waals surface area contributed by atoms with Crippen molar-refractivity contribution in [2.45, 2.75) is 82.5 Å². The maximum Gasteiger partial charge on any atom is 0.320 e. The number of aryl methyl sites for hydroxylation is 4. The van der Waals surface area contributed by atoms with Crippen LogP contribution >= 0.6 is 0 Å². The van der Waals surface area contributed by atoms with Crippen LogP contribution in [-0.4, -0.2) is 144 Å². The first-order valence-corrected chi connectivity index (χ1v) is 22.2. The first kappa shape index (κ1) is 46.9. The largest absolute Gasteiger partial charge is 0.481 e. The number of rotatable bonds is 18. The minimum atomic E-state index is -0.979. The van der Waals surface area contributed by atoms with E-state index in [9.17, 15) is 39.3 Å². The van der Waals surface area contributed by atoms with Gasteiger partial charge in [-0.05, 0) is 79.3 Å². The minimum Gasteiger partial charge on any atom is -0.481 e. The smallest absolute Gasteiger partial charge is 0.320 e. The second kappa shape index (κ2) is 21.7. The van der Waals surface area contributed by atoms with Gasteiger partial charge in [-0.3, -0.25) is 14.4 Å². The number of anilines is 2. The molecule has 4 aliphatic heterocycles. The Labute approximate surface area is 382 Å². The quantitative estimate of drug-likeness (QED) is 0.0933. The average molecular weight is 909 g/mol. The number of aromatic nitrogens is 4. The van der Waals surface area contributed by atoms with Gasteiger partial charge in [0.1, 0.15) is 17.9 Å². The van der Waals surface area contributed by atoms with Crippen molar-refractivity contribution in [2.24, 2.45) is 0 Å². The van der Waals surface area contributed by atoms with Crippen LogP contribution in [0.5, 0.6) is 11.8 Å². The van der Waals surface area contributed by atoms with Crippen molar-refractivity contribution in [3.63, 3.8) is 0 Å². The Bertz CT molecular complexity index is 2370. The van der Waals surface area contributed by atoms with Crippen molar-refractivity contribution in [3.05, 3.63) is 94.6 Å². The van der Waals surface area contributed by atoms with E-state index in [0.29, 0.717) is 106 Å². The standard InChI is InChI=1S/C23H29N5O5.C23H27N5O5/c2*1-33-20-9-6-16(14-24-20)18(13-21(30)31)28-12-11-27(23(28)32)10-2-3-17-7-4-15-5-8-19(29)26-22(15)25-17/h4,6-7,9,14,18-19,29H,2-3,5,8,10-13H2,1H3,(H,25,26)(H,30,31);4,6-7,9,14,18H,2-3,5,8,10-13H2,1H3,(H,30,31)(H,25,26,29). The van der Waals surface area contributed by atoms with Gasteiger partial charge in [0.25, 0.3) is 0 Å². The third kappa shape index (κ3) is 11.8. The number of aliphatic carboxylic acids is 2. The summed E-state index contributed by atoms with van der Waals surface area (Å²) in [6.45, 7) is 3.09. The predicted octanol–water partition coefficient (Wildman–Crippen LogP) is 4.30. The molecule has 0 radical (unpaired) electrons. The van der Waals surface area contributed by atoms with E-state index in [1.807, 2.05) is 24.3 Å². The molecule has 3 unspecified atom stereocenters. The molecule has 350 valence electrons. The zero-order valence-corrected chi connectivity index (χ0v) is 37.1. The molecule has 0 aromatic carbocycles. The molecule has 5 N–H and O–H groups in total. The van der Waals surface area contributed by atoms with Crippen LogP contribution in [-0.2, 0) is 40.1 Å². The summed E-state index contributed by atoms with van der Waals surface area (Å²) >= 11 is 0. The van der Waals surface area contributed by atoms with E-state index in [4.69, 9.17) is 9.47 Å². The van der Waals surface area contributed by atoms with Gasteiger partial charge in [0.15, 0.2) is 0 Å². The lowest BCUT2D eigenvalue weighted by atomic mass is 10.0. The monoisotopic (exact) mass is 908 g/mol. The van der Waals surface area contributed by atoms with Crippen molar-refractivity contribution in [2.75, 3.05) is 64.1 Å². The average Bonchev–Trinajstić information content (AvgIpc) is 3.87. The van der Waals surface area contributed by atoms with Crippen molar-refractivity contribution >= 4 is 41.5 Å². The Kier molecular flexibility index (Phi) is 15.4. The van der Waals surface area contributed by atoms with E-state index in [1.54, 1.807) is 56.3 Å². The molecule has 3 atom stereocenters. The number of hydrogen-bond acceptors (Lipinski definition) is 13. The summed E-state index contributed by atoms with van der Waals surface area (Å²) in [5.41, 5.74) is 5.25. The van der Waals surface area contributed by atoms with E-state index in [-0.39, 0.29) is 30.8 Å². The van der Waals surface area contributed by atoms with Crippen LogP contribution in [0.4, 0.5) is 21.2 Å². The second-order valence-corrected chi connectivity index (χ2v) is 16.5. The lowest BCUT2D eigenvalue weighted by Crippen LogP contribution is -2.36. The molecule has 0 aliphatic carbocycles. The van der Waals surface area contributed by atoms with Gasteiger partial charge in [0, 0.05) is 81.6 Å². The SMILES string of the molecule is COc1ccc(C(CC(=O)O)N2CCN(CCCc3ccc4c(n3)NC(=O)CC4)C2=O)cn1.COc1ccc(C(CC(=O)O)N2CCN(CCCc3ccc4c(n3)NC(O)CC4)C2=O)cn1. The van der Waals surface area contributed by atoms with Gasteiger partial charge in [0.05, 0.1) is 39.1 Å². The van der Waals surface area contributed by atoms with E-state index in [1.165, 1.54) is 14.2 Å². The molecule has 5 amide bonds. The summed E-state index contributed by atoms with van der Waals surface area (Å²) in [6, 6.07) is 13.3. The zero-order valence-electron chi connectivity index (χ0n) is 37.1.